The largest absolute Gasteiger partial charge is 0.339 e. The third-order valence-electron chi connectivity index (χ3n) is 4.87. The first-order valence-electron chi connectivity index (χ1n) is 8.87. The smallest absolute Gasteiger partial charge is 0.257 e. The zero-order chi connectivity index (χ0) is 17.6. The van der Waals surface area contributed by atoms with Crippen molar-refractivity contribution < 1.29 is 4.79 Å². The minimum atomic E-state index is 0.0810. The van der Waals surface area contributed by atoms with E-state index in [0.717, 1.165) is 49.0 Å². The molecule has 6 heteroatoms. The number of amides is 1. The van der Waals surface area contributed by atoms with E-state index in [-0.39, 0.29) is 5.91 Å². The first-order chi connectivity index (χ1) is 12.2. The average molecular weight is 361 g/mol. The molecule has 0 spiro atoms. The van der Waals surface area contributed by atoms with Crippen LogP contribution in [0.15, 0.2) is 36.7 Å². The van der Waals surface area contributed by atoms with E-state index in [0.29, 0.717) is 12.1 Å². The van der Waals surface area contributed by atoms with Crippen molar-refractivity contribution in [3.8, 4) is 0 Å². The van der Waals surface area contributed by atoms with Gasteiger partial charge in [0.2, 0.25) is 0 Å². The number of carbonyl (C=O) groups is 1. The lowest BCUT2D eigenvalue weighted by Crippen LogP contribution is -2.38. The van der Waals surface area contributed by atoms with Crippen molar-refractivity contribution in [3.63, 3.8) is 0 Å². The van der Waals surface area contributed by atoms with Crippen molar-refractivity contribution in [2.24, 2.45) is 5.92 Å². The van der Waals surface area contributed by atoms with E-state index in [1.165, 1.54) is 6.42 Å². The molecule has 1 fully saturated rings. The maximum absolute atomic E-state index is 12.7. The van der Waals surface area contributed by atoms with Gasteiger partial charge in [-0.3, -0.25) is 9.48 Å². The highest BCUT2D eigenvalue weighted by Crippen LogP contribution is 2.22. The number of benzene rings is 1. The topological polar surface area (TPSA) is 50.2 Å². The summed E-state index contributed by atoms with van der Waals surface area (Å²) in [5.74, 6) is 0.803. The number of piperidine rings is 1. The second kappa shape index (κ2) is 8.50. The third kappa shape index (κ3) is 4.61. The monoisotopic (exact) mass is 360 g/mol. The fraction of sp³-hybridized carbons (Fsp3) is 0.474. The Balaban J connectivity index is 1.57. The molecule has 0 radical (unpaired) electrons. The van der Waals surface area contributed by atoms with Gasteiger partial charge in [0.05, 0.1) is 18.3 Å². The van der Waals surface area contributed by atoms with Crippen molar-refractivity contribution in [2.45, 2.75) is 25.8 Å². The minimum Gasteiger partial charge on any atom is -0.339 e. The highest BCUT2D eigenvalue weighted by Gasteiger charge is 2.24. The Labute approximate surface area is 154 Å². The van der Waals surface area contributed by atoms with Gasteiger partial charge in [0.25, 0.3) is 5.91 Å². The van der Waals surface area contributed by atoms with E-state index < -0.39 is 0 Å². The van der Waals surface area contributed by atoms with Crippen molar-refractivity contribution in [2.75, 3.05) is 26.7 Å². The van der Waals surface area contributed by atoms with Crippen molar-refractivity contribution in [1.29, 1.82) is 0 Å². The predicted molar refractivity (Wildman–Crippen MR) is 100.0 cm³/mol. The van der Waals surface area contributed by atoms with Crippen LogP contribution in [0.25, 0.3) is 0 Å². The summed E-state index contributed by atoms with van der Waals surface area (Å²) in [7, 11) is 1.99. The van der Waals surface area contributed by atoms with Crippen molar-refractivity contribution in [3.05, 3.63) is 52.8 Å². The molecule has 0 unspecified atom stereocenters. The molecule has 5 nitrogen and oxygen atoms in total. The maximum atomic E-state index is 12.7. The Hall–Kier alpha value is -1.85. The fourth-order valence-corrected chi connectivity index (χ4v) is 3.51. The van der Waals surface area contributed by atoms with Crippen LogP contribution in [0.1, 0.15) is 35.2 Å². The number of likely N-dealkylation sites (tertiary alicyclic amines) is 1. The first kappa shape index (κ1) is 18.0. The van der Waals surface area contributed by atoms with Gasteiger partial charge in [0, 0.05) is 24.3 Å². The molecule has 2 heterocycles. The van der Waals surface area contributed by atoms with Gasteiger partial charge in [-0.15, -0.1) is 0 Å². The molecule has 2 aromatic rings. The number of halogens is 1. The number of hydrogen-bond donors (Lipinski definition) is 1. The Morgan fingerprint density at radius 1 is 1.32 bits per heavy atom. The van der Waals surface area contributed by atoms with Gasteiger partial charge in [0.15, 0.2) is 0 Å². The van der Waals surface area contributed by atoms with Gasteiger partial charge in [0.1, 0.15) is 0 Å². The molecule has 1 aromatic heterocycles. The summed E-state index contributed by atoms with van der Waals surface area (Å²) in [6.45, 7) is 3.29. The summed E-state index contributed by atoms with van der Waals surface area (Å²) >= 11 is 6.19. The molecule has 25 heavy (non-hydrogen) atoms. The molecule has 0 saturated carbocycles. The molecule has 3 rings (SSSR count). The van der Waals surface area contributed by atoms with E-state index in [1.807, 2.05) is 42.4 Å². The summed E-state index contributed by atoms with van der Waals surface area (Å²) in [6, 6.07) is 7.70. The zero-order valence-electron chi connectivity index (χ0n) is 14.6. The zero-order valence-corrected chi connectivity index (χ0v) is 15.4. The molecule has 1 aromatic carbocycles. The fourth-order valence-electron chi connectivity index (χ4n) is 3.32. The van der Waals surface area contributed by atoms with Crippen LogP contribution in [-0.4, -0.2) is 47.3 Å². The number of rotatable bonds is 6. The van der Waals surface area contributed by atoms with Crippen molar-refractivity contribution >= 4 is 17.5 Å². The molecule has 1 saturated heterocycles. The Morgan fingerprint density at radius 3 is 2.80 bits per heavy atom. The summed E-state index contributed by atoms with van der Waals surface area (Å²) in [5, 5.41) is 8.24. The van der Waals surface area contributed by atoms with Crippen LogP contribution in [0.4, 0.5) is 0 Å². The molecule has 1 aliphatic rings. The number of nitrogens with one attached hydrogen (secondary N) is 1. The number of nitrogens with zero attached hydrogens (tertiary/aromatic N) is 3. The number of aromatic nitrogens is 2. The molecule has 0 aliphatic carbocycles. The van der Waals surface area contributed by atoms with Crippen molar-refractivity contribution in [1.82, 2.24) is 20.0 Å². The molecule has 1 N–H and O–H groups in total. The average Bonchev–Trinajstić information content (AvgIpc) is 3.10. The molecular formula is C19H25ClN4O. The SMILES string of the molecule is CNCCC1CCN(C(=O)c2cnn(Cc3ccccc3Cl)c2)CC1. The highest BCUT2D eigenvalue weighted by molar-refractivity contribution is 6.31. The summed E-state index contributed by atoms with van der Waals surface area (Å²) in [5.41, 5.74) is 1.65. The van der Waals surface area contributed by atoms with E-state index in [1.54, 1.807) is 10.9 Å². The summed E-state index contributed by atoms with van der Waals surface area (Å²) < 4.78 is 1.77. The van der Waals surface area contributed by atoms with Crippen LogP contribution < -0.4 is 5.32 Å². The highest BCUT2D eigenvalue weighted by atomic mass is 35.5. The van der Waals surface area contributed by atoms with E-state index >= 15 is 0 Å². The van der Waals surface area contributed by atoms with E-state index in [9.17, 15) is 4.79 Å². The lowest BCUT2D eigenvalue weighted by atomic mass is 9.93. The van der Waals surface area contributed by atoms with Crippen LogP contribution in [0.2, 0.25) is 5.02 Å². The molecular weight excluding hydrogens is 336 g/mol. The van der Waals surface area contributed by atoms with Gasteiger partial charge in [-0.2, -0.15) is 5.10 Å². The van der Waals surface area contributed by atoms with E-state index in [2.05, 4.69) is 10.4 Å². The van der Waals surface area contributed by atoms with E-state index in [4.69, 9.17) is 11.6 Å². The maximum Gasteiger partial charge on any atom is 0.257 e. The minimum absolute atomic E-state index is 0.0810. The molecule has 0 bridgehead atoms. The molecule has 1 aliphatic heterocycles. The van der Waals surface area contributed by atoms with Gasteiger partial charge in [-0.05, 0) is 50.4 Å². The number of carbonyl (C=O) groups excluding carboxylic acids is 1. The summed E-state index contributed by atoms with van der Waals surface area (Å²) in [4.78, 5) is 14.6. The Kier molecular flexibility index (Phi) is 6.10. The molecule has 0 atom stereocenters. The molecule has 134 valence electrons. The van der Waals surface area contributed by atoms with Crippen LogP contribution in [0.5, 0.6) is 0 Å². The normalized spacial score (nSPS) is 15.5. The van der Waals surface area contributed by atoms with Crippen LogP contribution >= 0.6 is 11.6 Å². The standard InChI is InChI=1S/C19H25ClN4O/c1-21-9-6-15-7-10-23(11-8-15)19(25)17-12-22-24(14-17)13-16-4-2-3-5-18(16)20/h2-5,12,14-15,21H,6-11,13H2,1H3. The Bertz CT molecular complexity index is 707. The van der Waals surface area contributed by atoms with Crippen LogP contribution in [-0.2, 0) is 6.54 Å². The Morgan fingerprint density at radius 2 is 2.08 bits per heavy atom. The predicted octanol–water partition coefficient (Wildman–Crippen LogP) is 3.05. The molecule has 1 amide bonds. The second-order valence-corrected chi connectivity index (χ2v) is 7.05. The lowest BCUT2D eigenvalue weighted by Gasteiger charge is -2.31. The van der Waals surface area contributed by atoms with Crippen LogP contribution in [0, 0.1) is 5.92 Å². The number of hydrogen-bond acceptors (Lipinski definition) is 3. The third-order valence-corrected chi connectivity index (χ3v) is 5.24. The lowest BCUT2D eigenvalue weighted by molar-refractivity contribution is 0.0687. The van der Waals surface area contributed by atoms with Gasteiger partial charge in [-0.25, -0.2) is 0 Å². The second-order valence-electron chi connectivity index (χ2n) is 6.65. The van der Waals surface area contributed by atoms with Gasteiger partial charge < -0.3 is 10.2 Å². The van der Waals surface area contributed by atoms with Gasteiger partial charge >= 0.3 is 0 Å². The van der Waals surface area contributed by atoms with Gasteiger partial charge in [-0.1, -0.05) is 29.8 Å². The van der Waals surface area contributed by atoms with Crippen LogP contribution in [0.3, 0.4) is 0 Å². The first-order valence-corrected chi connectivity index (χ1v) is 9.25. The summed E-state index contributed by atoms with van der Waals surface area (Å²) in [6.07, 6.45) is 6.84. The quantitative estimate of drug-likeness (QED) is 0.861.